The third kappa shape index (κ3) is 8.48. The van der Waals surface area contributed by atoms with Crippen molar-refractivity contribution in [2.75, 3.05) is 53.0 Å². The number of likely N-dealkylation sites (tertiary alicyclic amines) is 1. The molecule has 1 aromatic rings. The highest BCUT2D eigenvalue weighted by atomic mass is 16.5. The Labute approximate surface area is 170 Å². The fraction of sp³-hybridized carbons (Fsp3) is 0.682. The van der Waals surface area contributed by atoms with Gasteiger partial charge in [-0.15, -0.1) is 0 Å². The quantitative estimate of drug-likeness (QED) is 0.326. The van der Waals surface area contributed by atoms with Crippen LogP contribution in [0.1, 0.15) is 43.7 Å². The van der Waals surface area contributed by atoms with Gasteiger partial charge in [-0.25, -0.2) is 4.99 Å². The molecule has 0 aliphatic carbocycles. The molecule has 0 spiro atoms. The summed E-state index contributed by atoms with van der Waals surface area (Å²) in [6, 6.07) is 6.32. The van der Waals surface area contributed by atoms with Crippen molar-refractivity contribution in [1.82, 2.24) is 15.5 Å². The van der Waals surface area contributed by atoms with E-state index in [1.807, 2.05) is 0 Å². The van der Waals surface area contributed by atoms with Crippen molar-refractivity contribution < 1.29 is 9.47 Å². The lowest BCUT2D eigenvalue weighted by Crippen LogP contribution is -2.38. The summed E-state index contributed by atoms with van der Waals surface area (Å²) >= 11 is 0. The van der Waals surface area contributed by atoms with Gasteiger partial charge in [0, 0.05) is 38.8 Å². The lowest BCUT2D eigenvalue weighted by Gasteiger charge is -2.16. The predicted octanol–water partition coefficient (Wildman–Crippen LogP) is 2.95. The second-order valence-corrected chi connectivity index (χ2v) is 7.33. The number of nitrogens with one attached hydrogen (secondary N) is 2. The minimum Gasteiger partial charge on any atom is -0.493 e. The van der Waals surface area contributed by atoms with E-state index in [4.69, 9.17) is 14.5 Å². The topological polar surface area (TPSA) is 58.1 Å². The van der Waals surface area contributed by atoms with E-state index in [2.05, 4.69) is 47.6 Å². The van der Waals surface area contributed by atoms with E-state index >= 15 is 0 Å². The molecule has 0 bridgehead atoms. The Morgan fingerprint density at radius 2 is 1.96 bits per heavy atom. The first-order chi connectivity index (χ1) is 13.7. The maximum Gasteiger partial charge on any atom is 0.191 e. The van der Waals surface area contributed by atoms with E-state index in [9.17, 15) is 0 Å². The monoisotopic (exact) mass is 390 g/mol. The van der Waals surface area contributed by atoms with Crippen LogP contribution in [0.2, 0.25) is 0 Å². The van der Waals surface area contributed by atoms with Crippen LogP contribution in [0.4, 0.5) is 0 Å². The second-order valence-electron chi connectivity index (χ2n) is 7.33. The van der Waals surface area contributed by atoms with Crippen LogP contribution in [0.5, 0.6) is 5.75 Å². The number of ether oxygens (including phenoxy) is 2. The zero-order valence-corrected chi connectivity index (χ0v) is 17.9. The average molecular weight is 391 g/mol. The normalized spacial score (nSPS) is 15.0. The number of nitrogens with zero attached hydrogens (tertiary/aromatic N) is 2. The van der Waals surface area contributed by atoms with Gasteiger partial charge in [-0.1, -0.05) is 12.1 Å². The van der Waals surface area contributed by atoms with Gasteiger partial charge in [-0.2, -0.15) is 0 Å². The summed E-state index contributed by atoms with van der Waals surface area (Å²) in [6.07, 6.45) is 4.73. The smallest absolute Gasteiger partial charge is 0.191 e. The lowest BCUT2D eigenvalue weighted by atomic mass is 10.1. The fourth-order valence-electron chi connectivity index (χ4n) is 3.33. The van der Waals surface area contributed by atoms with Gasteiger partial charge in [0.25, 0.3) is 0 Å². The third-order valence-electron chi connectivity index (χ3n) is 4.87. The summed E-state index contributed by atoms with van der Waals surface area (Å²) < 4.78 is 11.1. The Balaban J connectivity index is 1.85. The van der Waals surface area contributed by atoms with Crippen LogP contribution in [0, 0.1) is 6.92 Å². The minimum atomic E-state index is 0.599. The van der Waals surface area contributed by atoms with E-state index in [0.717, 1.165) is 43.2 Å². The number of aliphatic imine (C=N–C) groups is 1. The van der Waals surface area contributed by atoms with Gasteiger partial charge in [-0.3, -0.25) is 0 Å². The molecule has 0 radical (unpaired) electrons. The SMILES string of the molecule is CCNC(=NCc1ccc(C)cc1OCCCOC)NCCCN1CCCC1. The van der Waals surface area contributed by atoms with Crippen LogP contribution >= 0.6 is 0 Å². The number of rotatable bonds is 12. The molecule has 0 saturated carbocycles. The molecule has 2 N–H and O–H groups in total. The van der Waals surface area contributed by atoms with Crippen LogP contribution in [-0.4, -0.2) is 63.9 Å². The van der Waals surface area contributed by atoms with E-state index in [1.54, 1.807) is 7.11 Å². The first-order valence-electron chi connectivity index (χ1n) is 10.7. The Hall–Kier alpha value is -1.79. The summed E-state index contributed by atoms with van der Waals surface area (Å²) in [6.45, 7) is 11.6. The summed E-state index contributed by atoms with van der Waals surface area (Å²) in [7, 11) is 1.72. The molecule has 1 heterocycles. The Morgan fingerprint density at radius 3 is 2.71 bits per heavy atom. The zero-order valence-electron chi connectivity index (χ0n) is 17.9. The van der Waals surface area contributed by atoms with Gasteiger partial charge in [0.15, 0.2) is 5.96 Å². The van der Waals surface area contributed by atoms with Gasteiger partial charge >= 0.3 is 0 Å². The van der Waals surface area contributed by atoms with E-state index in [1.165, 1.54) is 38.0 Å². The van der Waals surface area contributed by atoms with E-state index in [0.29, 0.717) is 19.8 Å². The molecule has 0 aromatic heterocycles. The van der Waals surface area contributed by atoms with Crippen LogP contribution in [0.3, 0.4) is 0 Å². The molecule has 0 amide bonds. The first-order valence-corrected chi connectivity index (χ1v) is 10.7. The summed E-state index contributed by atoms with van der Waals surface area (Å²) in [4.78, 5) is 7.31. The van der Waals surface area contributed by atoms with Crippen molar-refractivity contribution in [3.8, 4) is 5.75 Å². The Kier molecular flexibility index (Phi) is 10.8. The molecule has 6 heteroatoms. The molecule has 1 aliphatic rings. The van der Waals surface area contributed by atoms with Crippen LogP contribution in [-0.2, 0) is 11.3 Å². The fourth-order valence-corrected chi connectivity index (χ4v) is 3.33. The number of hydrogen-bond acceptors (Lipinski definition) is 4. The maximum absolute atomic E-state index is 5.97. The highest BCUT2D eigenvalue weighted by Crippen LogP contribution is 2.21. The van der Waals surface area contributed by atoms with Gasteiger partial charge in [0.2, 0.25) is 0 Å². The highest BCUT2D eigenvalue weighted by Gasteiger charge is 2.10. The highest BCUT2D eigenvalue weighted by molar-refractivity contribution is 5.79. The van der Waals surface area contributed by atoms with Crippen molar-refractivity contribution in [1.29, 1.82) is 0 Å². The van der Waals surface area contributed by atoms with Crippen molar-refractivity contribution in [3.05, 3.63) is 29.3 Å². The molecule has 1 aromatic carbocycles. The van der Waals surface area contributed by atoms with Crippen molar-refractivity contribution in [2.24, 2.45) is 4.99 Å². The summed E-state index contributed by atoms with van der Waals surface area (Å²) in [5, 5.41) is 6.80. The molecule has 0 unspecified atom stereocenters. The van der Waals surface area contributed by atoms with Crippen molar-refractivity contribution >= 4 is 5.96 Å². The predicted molar refractivity (Wildman–Crippen MR) is 116 cm³/mol. The average Bonchev–Trinajstić information content (AvgIpc) is 3.21. The van der Waals surface area contributed by atoms with Gasteiger partial charge < -0.3 is 25.0 Å². The first kappa shape index (κ1) is 22.5. The molecule has 158 valence electrons. The summed E-state index contributed by atoms with van der Waals surface area (Å²) in [5.41, 5.74) is 2.30. The molecular weight excluding hydrogens is 352 g/mol. The number of methoxy groups -OCH3 is 1. The molecule has 1 fully saturated rings. The largest absolute Gasteiger partial charge is 0.493 e. The van der Waals surface area contributed by atoms with Crippen molar-refractivity contribution in [2.45, 2.75) is 46.1 Å². The zero-order chi connectivity index (χ0) is 20.0. The van der Waals surface area contributed by atoms with E-state index < -0.39 is 0 Å². The van der Waals surface area contributed by atoms with Crippen LogP contribution in [0.25, 0.3) is 0 Å². The third-order valence-corrected chi connectivity index (χ3v) is 4.87. The maximum atomic E-state index is 5.97. The second kappa shape index (κ2) is 13.4. The molecule has 1 aliphatic heterocycles. The number of benzene rings is 1. The number of guanidine groups is 1. The van der Waals surface area contributed by atoms with Crippen LogP contribution < -0.4 is 15.4 Å². The Bertz CT molecular complexity index is 586. The molecule has 28 heavy (non-hydrogen) atoms. The minimum absolute atomic E-state index is 0.599. The van der Waals surface area contributed by atoms with Crippen LogP contribution in [0.15, 0.2) is 23.2 Å². The molecule has 2 rings (SSSR count). The molecule has 6 nitrogen and oxygen atoms in total. The van der Waals surface area contributed by atoms with Crippen molar-refractivity contribution in [3.63, 3.8) is 0 Å². The summed E-state index contributed by atoms with van der Waals surface area (Å²) in [5.74, 6) is 1.79. The number of aryl methyl sites for hydroxylation is 1. The molecular formula is C22H38N4O2. The number of hydrogen-bond donors (Lipinski definition) is 2. The Morgan fingerprint density at radius 1 is 1.14 bits per heavy atom. The lowest BCUT2D eigenvalue weighted by molar-refractivity contribution is 0.172. The van der Waals surface area contributed by atoms with Gasteiger partial charge in [-0.05, 0) is 64.4 Å². The van der Waals surface area contributed by atoms with Gasteiger partial charge in [0.1, 0.15) is 5.75 Å². The standard InChI is InChI=1S/C22H38N4O2/c1-4-23-22(24-11-7-14-26-12-5-6-13-26)25-18-20-10-9-19(2)17-21(20)28-16-8-15-27-3/h9-10,17H,4-8,11-16,18H2,1-3H3,(H2,23,24,25). The van der Waals surface area contributed by atoms with E-state index in [-0.39, 0.29) is 0 Å². The van der Waals surface area contributed by atoms with Gasteiger partial charge in [0.05, 0.1) is 13.2 Å². The molecule has 1 saturated heterocycles. The molecule has 0 atom stereocenters.